The van der Waals surface area contributed by atoms with Crippen LogP contribution in [0, 0.1) is 59.8 Å². The third kappa shape index (κ3) is 29.3. The molecule has 12 rings (SSSR count). The molecule has 0 aliphatic heterocycles. The third-order valence-corrected chi connectivity index (χ3v) is 22.3. The molecular weight excluding hydrogens is 1690 g/mol. The average molecular weight is 1810 g/mol. The summed E-state index contributed by atoms with van der Waals surface area (Å²) in [4.78, 5) is 122. The van der Waals surface area contributed by atoms with E-state index in [1.165, 1.54) is 50.1 Å². The Morgan fingerprint density at radius 1 is 0.311 bits per heavy atom. The molecule has 0 unspecified atom stereocenters. The van der Waals surface area contributed by atoms with E-state index >= 15 is 0 Å². The molecule has 4 amide bonds. The van der Waals surface area contributed by atoms with Crippen molar-refractivity contribution in [3.8, 4) is 44.5 Å². The highest BCUT2D eigenvalue weighted by atomic mass is 35.5. The van der Waals surface area contributed by atoms with Crippen molar-refractivity contribution in [1.29, 1.82) is 0 Å². The normalized spacial score (nSPS) is 11.0. The lowest BCUT2D eigenvalue weighted by atomic mass is 9.99. The van der Waals surface area contributed by atoms with Crippen molar-refractivity contribution in [3.63, 3.8) is 0 Å². The predicted molar refractivity (Wildman–Crippen MR) is 519 cm³/mol. The van der Waals surface area contributed by atoms with E-state index in [9.17, 15) is 60.3 Å². The van der Waals surface area contributed by atoms with Gasteiger partial charge in [0, 0.05) is 136 Å². The summed E-state index contributed by atoms with van der Waals surface area (Å²) in [5, 5.41) is 0.415. The number of rotatable bonds is 36. The summed E-state index contributed by atoms with van der Waals surface area (Å²) in [6.07, 6.45) is 10.8. The van der Waals surface area contributed by atoms with Crippen LogP contribution in [-0.4, -0.2) is 92.9 Å². The second-order valence-electron chi connectivity index (χ2n) is 33.9. The summed E-state index contributed by atoms with van der Waals surface area (Å²) in [7, 11) is 0. The van der Waals surface area contributed by atoms with E-state index in [1.54, 1.807) is 174 Å². The summed E-state index contributed by atoms with van der Waals surface area (Å²) in [5.41, 5.74) is 19.3. The van der Waals surface area contributed by atoms with Crippen LogP contribution in [0.25, 0.3) is 44.5 Å². The number of Topliss-reactive ketones (excluding diaryl/α,β-unsaturated/α-hetero) is 4. The lowest BCUT2D eigenvalue weighted by Gasteiger charge is -2.25. The number of anilines is 5. The van der Waals surface area contributed by atoms with E-state index in [0.717, 1.165) is 44.6 Å². The Bertz CT molecular complexity index is 5230. The van der Waals surface area contributed by atoms with Crippen LogP contribution in [0.2, 0.25) is 5.15 Å². The van der Waals surface area contributed by atoms with E-state index in [0.29, 0.717) is 168 Å². The van der Waals surface area contributed by atoms with Crippen molar-refractivity contribution in [3.05, 3.63) is 328 Å². The zero-order valence-electron chi connectivity index (χ0n) is 77.4. The van der Waals surface area contributed by atoms with Gasteiger partial charge in [0.2, 0.25) is 29.6 Å². The predicted octanol–water partition coefficient (Wildman–Crippen LogP) is 25.1. The van der Waals surface area contributed by atoms with E-state index < -0.39 is 29.2 Å². The van der Waals surface area contributed by atoms with E-state index in [1.807, 2.05) is 129 Å². The number of carbonyl (C=O) groups is 8. The first-order chi connectivity index (χ1) is 63.2. The zero-order chi connectivity index (χ0) is 95.8. The quantitative estimate of drug-likeness (QED) is 0.0219. The molecule has 0 bridgehead atoms. The molecule has 0 saturated heterocycles. The lowest BCUT2D eigenvalue weighted by molar-refractivity contribution is -0.119. The molecule has 17 nitrogen and oxygen atoms in total. The molecule has 12 aromatic rings. The van der Waals surface area contributed by atoms with Gasteiger partial charge in [-0.25, -0.2) is 32.5 Å². The van der Waals surface area contributed by atoms with Crippen molar-refractivity contribution in [2.75, 3.05) is 51.5 Å². The number of nitrogens with zero attached hydrogens (tertiary/aromatic N) is 8. The molecule has 8 aromatic carbocycles. The molecule has 0 atom stereocenters. The maximum absolute atomic E-state index is 15.0. The van der Waals surface area contributed by atoms with E-state index in [2.05, 4.69) is 19.9 Å². The van der Waals surface area contributed by atoms with Gasteiger partial charge in [-0.1, -0.05) is 240 Å². The van der Waals surface area contributed by atoms with Gasteiger partial charge in [-0.15, -0.1) is 0 Å². The Labute approximate surface area is 777 Å². The first-order valence-corrected chi connectivity index (χ1v) is 45.3. The van der Waals surface area contributed by atoms with Crippen LogP contribution in [0.3, 0.4) is 0 Å². The zero-order valence-corrected chi connectivity index (χ0v) is 78.2. The van der Waals surface area contributed by atoms with Crippen molar-refractivity contribution in [2.24, 2.45) is 23.7 Å². The van der Waals surface area contributed by atoms with Crippen LogP contribution in [0.5, 0.6) is 0 Å². The Morgan fingerprint density at radius 2 is 0.553 bits per heavy atom. The number of aromatic nitrogens is 4. The number of halogens is 6. The van der Waals surface area contributed by atoms with E-state index in [4.69, 9.17) is 17.3 Å². The largest absolute Gasteiger partial charge is 0.383 e. The Hall–Kier alpha value is -13.3. The van der Waals surface area contributed by atoms with Crippen molar-refractivity contribution < 1.29 is 60.3 Å². The minimum atomic E-state index is -0.557. The molecular formula is C109H117ClF5N9O8. The standard InChI is InChI=1S/C28H31FN2O2.C27H28ClFN2O2.C27H28F2N2O2.C27H30FN3O2/c1-5-28(33)31(18-19(2)3)26-14-12-24(17-25(26)29)22-8-10-23(11-9-22)27(32)15-13-21-7-6-16-30-20(21)4;1-4-26(33)31(17-18(2)3)24-13-11-22(16-23(24)29)19-7-9-20(10-8-19)25(32)14-12-21-6-5-15-30-27(21)28;2*1-4-26(33)31(17-18(2)3)24-13-11-22(16-23(24)28)19-7-9-20(10-8-19)25(32)14-12-21-6-5-15-30-27(21)29/h6-12,14,16-17,19H,5,13,15,18H2,1-4H3;2*5-11,13,15-16,18H,4,12,14,17H2,1-3H3;5-11,13,15-16,18H,4,12,14,17H2,1-3H3,(H2,29,30). The van der Waals surface area contributed by atoms with Gasteiger partial charge < -0.3 is 25.3 Å². The summed E-state index contributed by atoms with van der Waals surface area (Å²) in [6, 6.07) is 62.4. The van der Waals surface area contributed by atoms with Crippen LogP contribution >= 0.6 is 11.6 Å². The minimum Gasteiger partial charge on any atom is -0.383 e. The number of nitrogen functional groups attached to an aromatic ring is 1. The fourth-order valence-electron chi connectivity index (χ4n) is 14.8. The Balaban J connectivity index is 0.000000198. The molecule has 4 heterocycles. The highest BCUT2D eigenvalue weighted by molar-refractivity contribution is 6.30. The highest BCUT2D eigenvalue weighted by Gasteiger charge is 2.26. The molecule has 0 spiro atoms. The van der Waals surface area contributed by atoms with E-state index in [-0.39, 0.29) is 89.0 Å². The highest BCUT2D eigenvalue weighted by Crippen LogP contribution is 2.35. The van der Waals surface area contributed by atoms with Gasteiger partial charge >= 0.3 is 0 Å². The summed E-state index contributed by atoms with van der Waals surface area (Å²) in [5.74, 6) is -1.47. The number of ketones is 4. The first kappa shape index (κ1) is 102. The smallest absolute Gasteiger partial charge is 0.226 e. The topological polar surface area (TPSA) is 227 Å². The third-order valence-electron chi connectivity index (χ3n) is 21.9. The van der Waals surface area contributed by atoms with Crippen LogP contribution < -0.4 is 25.3 Å². The fraction of sp³-hybridized carbons (Fsp3) is 0.303. The number of nitrogens with two attached hydrogens (primary N) is 1. The first-order valence-electron chi connectivity index (χ1n) is 44.9. The Morgan fingerprint density at radius 3 is 0.818 bits per heavy atom. The number of amides is 4. The molecule has 0 aliphatic rings. The molecule has 0 aliphatic carbocycles. The Kier molecular flexibility index (Phi) is 38.9. The molecule has 23 heteroatoms. The number of aryl methyl sites for hydroxylation is 5. The van der Waals surface area contributed by atoms with Gasteiger partial charge in [0.25, 0.3) is 0 Å². The van der Waals surface area contributed by atoms with Gasteiger partial charge in [-0.3, -0.25) is 43.3 Å². The lowest BCUT2D eigenvalue weighted by Crippen LogP contribution is -2.34. The molecule has 0 saturated carbocycles. The maximum Gasteiger partial charge on any atom is 0.226 e. The van der Waals surface area contributed by atoms with Gasteiger partial charge in [-0.05, 0) is 190 Å². The molecule has 0 radical (unpaired) electrons. The summed E-state index contributed by atoms with van der Waals surface area (Å²) >= 11 is 6.06. The van der Waals surface area contributed by atoms with Crippen molar-refractivity contribution >= 4 is 86.9 Å². The van der Waals surface area contributed by atoms with Crippen LogP contribution in [0.1, 0.15) is 204 Å². The molecule has 132 heavy (non-hydrogen) atoms. The fourth-order valence-corrected chi connectivity index (χ4v) is 15.0. The van der Waals surface area contributed by atoms with Gasteiger partial charge in [0.1, 0.15) is 34.2 Å². The number of carbonyl (C=O) groups excluding carboxylic acids is 8. The van der Waals surface area contributed by atoms with Gasteiger partial charge in [0.15, 0.2) is 23.1 Å². The van der Waals surface area contributed by atoms with Gasteiger partial charge in [0.05, 0.1) is 22.7 Å². The van der Waals surface area contributed by atoms with Crippen LogP contribution in [0.15, 0.2) is 243 Å². The second kappa shape index (κ2) is 50.2. The van der Waals surface area contributed by atoms with Crippen LogP contribution in [-0.2, 0) is 44.9 Å². The molecule has 4 aromatic heterocycles. The molecule has 2 N–H and O–H groups in total. The molecule has 0 fully saturated rings. The average Bonchev–Trinajstić information content (AvgIpc) is 0.820. The second-order valence-corrected chi connectivity index (χ2v) is 34.2. The minimum absolute atomic E-state index is 0.00500. The number of pyridine rings is 4. The monoisotopic (exact) mass is 1810 g/mol. The van der Waals surface area contributed by atoms with Gasteiger partial charge in [-0.2, -0.15) is 4.39 Å². The number of hydrogen-bond acceptors (Lipinski definition) is 13. The van der Waals surface area contributed by atoms with Crippen molar-refractivity contribution in [2.45, 2.75) is 167 Å². The maximum atomic E-state index is 15.0. The SMILES string of the molecule is CCC(=O)N(CC(C)C)c1ccc(-c2ccc(C(=O)CCc3cccnc3C)cc2)cc1F.CCC(=O)N(CC(C)C)c1ccc(-c2ccc(C(=O)CCc3cccnc3Cl)cc2)cc1F.CCC(=O)N(CC(C)C)c1ccc(-c2ccc(C(=O)CCc3cccnc3F)cc2)cc1F.CCC(=O)N(CC(C)C)c1ccc(-c2ccc(C(=O)CCc3cccnc3N)cc2)cc1F. The number of hydrogen-bond donors (Lipinski definition) is 1. The molecule has 688 valence electrons. The van der Waals surface area contributed by atoms with Crippen LogP contribution in [0.4, 0.5) is 50.5 Å². The summed E-state index contributed by atoms with van der Waals surface area (Å²) < 4.78 is 73.5. The summed E-state index contributed by atoms with van der Waals surface area (Å²) in [6.45, 7) is 26.8. The number of benzene rings is 8. The van der Waals surface area contributed by atoms with Crippen molar-refractivity contribution in [1.82, 2.24) is 19.9 Å².